The normalized spacial score (nSPS) is 36.3. The maximum Gasteiger partial charge on any atom is 0.225 e. The molecule has 2 fully saturated rings. The monoisotopic (exact) mass is 267 g/mol. The number of nitrogens with two attached hydrogens (primary N) is 1. The van der Waals surface area contributed by atoms with Gasteiger partial charge in [-0.25, -0.2) is 0 Å². The van der Waals surface area contributed by atoms with Crippen LogP contribution in [-0.2, 0) is 4.79 Å². The minimum Gasteiger partial charge on any atom is -0.339 e. The molecule has 2 N–H and O–H groups in total. The molecule has 0 bridgehead atoms. The van der Waals surface area contributed by atoms with Crippen LogP contribution in [0.25, 0.3) is 0 Å². The number of piperazine rings is 1. The molecule has 1 saturated heterocycles. The number of carbonyl (C=O) groups excluding carboxylic acids is 1. The predicted octanol–water partition coefficient (Wildman–Crippen LogP) is 1.30. The Balaban J connectivity index is 1.97. The quantitative estimate of drug-likeness (QED) is 0.779. The van der Waals surface area contributed by atoms with Crippen molar-refractivity contribution in [1.82, 2.24) is 9.80 Å². The summed E-state index contributed by atoms with van der Waals surface area (Å²) in [5.41, 5.74) is 6.21. The lowest BCUT2D eigenvalue weighted by Crippen LogP contribution is -2.60. The van der Waals surface area contributed by atoms with Crippen molar-refractivity contribution in [1.29, 1.82) is 0 Å². The SMILES string of the molecule is CC1CCC(C(=O)N2CCN(C)C(C)(C)C2)CC1N. The molecule has 1 saturated carbocycles. The topological polar surface area (TPSA) is 49.6 Å². The first-order valence-corrected chi connectivity index (χ1v) is 7.57. The molecule has 2 rings (SSSR count). The van der Waals surface area contributed by atoms with Crippen molar-refractivity contribution in [3.05, 3.63) is 0 Å². The molecule has 3 unspecified atom stereocenters. The Labute approximate surface area is 117 Å². The second-order valence-electron chi connectivity index (χ2n) is 7.14. The Bertz CT molecular complexity index is 342. The Hall–Kier alpha value is -0.610. The fourth-order valence-electron chi connectivity index (χ4n) is 3.27. The molecule has 4 nitrogen and oxygen atoms in total. The summed E-state index contributed by atoms with van der Waals surface area (Å²) in [5, 5.41) is 0. The van der Waals surface area contributed by atoms with Crippen LogP contribution in [0.5, 0.6) is 0 Å². The number of nitrogens with zero attached hydrogens (tertiary/aromatic N) is 2. The summed E-state index contributed by atoms with van der Waals surface area (Å²) in [6.07, 6.45) is 2.97. The largest absolute Gasteiger partial charge is 0.339 e. The molecule has 4 heteroatoms. The summed E-state index contributed by atoms with van der Waals surface area (Å²) in [6, 6.07) is 0.197. The number of rotatable bonds is 1. The van der Waals surface area contributed by atoms with E-state index in [1.165, 1.54) is 0 Å². The zero-order valence-electron chi connectivity index (χ0n) is 12.9. The first kappa shape index (κ1) is 14.8. The van der Waals surface area contributed by atoms with Crippen LogP contribution in [0.3, 0.4) is 0 Å². The third kappa shape index (κ3) is 3.11. The zero-order valence-corrected chi connectivity index (χ0v) is 12.9. The van der Waals surface area contributed by atoms with Crippen molar-refractivity contribution in [2.24, 2.45) is 17.6 Å². The van der Waals surface area contributed by atoms with Gasteiger partial charge in [0.2, 0.25) is 5.91 Å². The van der Waals surface area contributed by atoms with E-state index in [1.807, 2.05) is 0 Å². The van der Waals surface area contributed by atoms with E-state index in [2.05, 4.69) is 37.6 Å². The zero-order chi connectivity index (χ0) is 14.2. The van der Waals surface area contributed by atoms with E-state index in [1.54, 1.807) is 0 Å². The molecule has 0 spiro atoms. The second kappa shape index (κ2) is 5.41. The van der Waals surface area contributed by atoms with E-state index in [-0.39, 0.29) is 17.5 Å². The lowest BCUT2D eigenvalue weighted by Gasteiger charge is -2.46. The van der Waals surface area contributed by atoms with Gasteiger partial charge in [0, 0.05) is 37.1 Å². The van der Waals surface area contributed by atoms with Gasteiger partial charge in [0.25, 0.3) is 0 Å². The molecule has 2 aliphatic rings. The van der Waals surface area contributed by atoms with Gasteiger partial charge in [-0.15, -0.1) is 0 Å². The first-order chi connectivity index (χ1) is 8.81. The Morgan fingerprint density at radius 2 is 1.95 bits per heavy atom. The Morgan fingerprint density at radius 1 is 1.26 bits per heavy atom. The van der Waals surface area contributed by atoms with Crippen LogP contribution in [0.15, 0.2) is 0 Å². The number of hydrogen-bond donors (Lipinski definition) is 1. The number of carbonyl (C=O) groups is 1. The van der Waals surface area contributed by atoms with Gasteiger partial charge >= 0.3 is 0 Å². The summed E-state index contributed by atoms with van der Waals surface area (Å²) in [7, 11) is 2.14. The highest BCUT2D eigenvalue weighted by molar-refractivity contribution is 5.79. The predicted molar refractivity (Wildman–Crippen MR) is 77.8 cm³/mol. The van der Waals surface area contributed by atoms with Gasteiger partial charge < -0.3 is 10.6 Å². The first-order valence-electron chi connectivity index (χ1n) is 7.57. The molecular weight excluding hydrogens is 238 g/mol. The minimum absolute atomic E-state index is 0.0813. The summed E-state index contributed by atoms with van der Waals surface area (Å²) in [4.78, 5) is 17.1. The lowest BCUT2D eigenvalue weighted by molar-refractivity contribution is -0.141. The summed E-state index contributed by atoms with van der Waals surface area (Å²) >= 11 is 0. The molecule has 3 atom stereocenters. The highest BCUT2D eigenvalue weighted by atomic mass is 16.2. The molecule has 1 amide bonds. The highest BCUT2D eigenvalue weighted by Crippen LogP contribution is 2.30. The standard InChI is InChI=1S/C15H29N3O/c1-11-5-6-12(9-13(11)16)14(19)18-8-7-17(4)15(2,3)10-18/h11-13H,5-10,16H2,1-4H3. The van der Waals surface area contributed by atoms with E-state index in [4.69, 9.17) is 5.73 Å². The third-order valence-electron chi connectivity index (χ3n) is 5.24. The van der Waals surface area contributed by atoms with Crippen LogP contribution in [0.1, 0.15) is 40.0 Å². The summed E-state index contributed by atoms with van der Waals surface area (Å²) in [5.74, 6) is 1.06. The van der Waals surface area contributed by atoms with Crippen LogP contribution in [0, 0.1) is 11.8 Å². The van der Waals surface area contributed by atoms with Gasteiger partial charge in [-0.05, 0) is 46.1 Å². The maximum atomic E-state index is 12.7. The highest BCUT2D eigenvalue weighted by Gasteiger charge is 2.37. The van der Waals surface area contributed by atoms with Crippen molar-refractivity contribution in [2.75, 3.05) is 26.7 Å². The van der Waals surface area contributed by atoms with E-state index in [0.29, 0.717) is 11.8 Å². The van der Waals surface area contributed by atoms with Gasteiger partial charge in [0.1, 0.15) is 0 Å². The summed E-state index contributed by atoms with van der Waals surface area (Å²) in [6.45, 7) is 9.28. The molecular formula is C15H29N3O. The molecule has 110 valence electrons. The third-order valence-corrected chi connectivity index (χ3v) is 5.24. The lowest BCUT2D eigenvalue weighted by atomic mass is 9.79. The van der Waals surface area contributed by atoms with Crippen molar-refractivity contribution in [2.45, 2.75) is 51.6 Å². The smallest absolute Gasteiger partial charge is 0.225 e. The molecule has 1 aliphatic carbocycles. The van der Waals surface area contributed by atoms with Crippen LogP contribution in [0.4, 0.5) is 0 Å². The van der Waals surface area contributed by atoms with Crippen molar-refractivity contribution >= 4 is 5.91 Å². The van der Waals surface area contributed by atoms with E-state index < -0.39 is 0 Å². The molecule has 0 aromatic carbocycles. The van der Waals surface area contributed by atoms with Gasteiger partial charge in [0.05, 0.1) is 0 Å². The van der Waals surface area contributed by atoms with Gasteiger partial charge in [-0.2, -0.15) is 0 Å². The van der Waals surface area contributed by atoms with Gasteiger partial charge in [-0.3, -0.25) is 9.69 Å². The average Bonchev–Trinajstić information content (AvgIpc) is 2.35. The fourth-order valence-corrected chi connectivity index (χ4v) is 3.27. The Morgan fingerprint density at radius 3 is 2.53 bits per heavy atom. The average molecular weight is 267 g/mol. The number of hydrogen-bond acceptors (Lipinski definition) is 3. The van der Waals surface area contributed by atoms with Crippen LogP contribution in [0.2, 0.25) is 0 Å². The molecule has 19 heavy (non-hydrogen) atoms. The maximum absolute atomic E-state index is 12.7. The van der Waals surface area contributed by atoms with Crippen molar-refractivity contribution in [3.8, 4) is 0 Å². The van der Waals surface area contributed by atoms with Crippen molar-refractivity contribution < 1.29 is 4.79 Å². The number of likely N-dealkylation sites (N-methyl/N-ethyl adjacent to an activating group) is 1. The molecule has 0 aromatic heterocycles. The second-order valence-corrected chi connectivity index (χ2v) is 7.14. The molecule has 1 aliphatic heterocycles. The molecule has 0 radical (unpaired) electrons. The summed E-state index contributed by atoms with van der Waals surface area (Å²) < 4.78 is 0. The molecule has 0 aromatic rings. The fraction of sp³-hybridized carbons (Fsp3) is 0.933. The van der Waals surface area contributed by atoms with Gasteiger partial charge in [-0.1, -0.05) is 6.92 Å². The van der Waals surface area contributed by atoms with E-state index in [0.717, 1.165) is 38.9 Å². The van der Waals surface area contributed by atoms with Gasteiger partial charge in [0.15, 0.2) is 0 Å². The van der Waals surface area contributed by atoms with Crippen LogP contribution < -0.4 is 5.73 Å². The van der Waals surface area contributed by atoms with E-state index in [9.17, 15) is 4.79 Å². The minimum atomic E-state index is 0.0813. The van der Waals surface area contributed by atoms with Crippen LogP contribution in [-0.4, -0.2) is 54.0 Å². The Kier molecular flexibility index (Phi) is 4.21. The van der Waals surface area contributed by atoms with Crippen molar-refractivity contribution in [3.63, 3.8) is 0 Å². The molecule has 1 heterocycles. The van der Waals surface area contributed by atoms with Crippen LogP contribution >= 0.6 is 0 Å². The van der Waals surface area contributed by atoms with E-state index >= 15 is 0 Å². The number of amides is 1.